The van der Waals surface area contributed by atoms with Crippen molar-refractivity contribution in [2.45, 2.75) is 61.8 Å². The van der Waals surface area contributed by atoms with E-state index < -0.39 is 22.8 Å². The van der Waals surface area contributed by atoms with Crippen LogP contribution in [-0.2, 0) is 20.4 Å². The van der Waals surface area contributed by atoms with Crippen LogP contribution in [0.1, 0.15) is 66.4 Å². The van der Waals surface area contributed by atoms with Crippen LogP contribution in [0.2, 0.25) is 10.0 Å². The summed E-state index contributed by atoms with van der Waals surface area (Å²) in [5.41, 5.74) is 4.86. The number of hydrazine groups is 1. The molecule has 2 amide bonds. The number of benzene rings is 3. The first-order valence-electron chi connectivity index (χ1n) is 18.4. The smallest absolute Gasteiger partial charge is 0.322 e. The number of hydrogen-bond donors (Lipinski definition) is 2. The molecule has 2 atom stereocenters. The summed E-state index contributed by atoms with van der Waals surface area (Å²) in [6, 6.07) is 20.1. The number of halogens is 2. The molecule has 3 saturated heterocycles. The van der Waals surface area contributed by atoms with Gasteiger partial charge in [0.2, 0.25) is 5.91 Å². The van der Waals surface area contributed by atoms with Crippen LogP contribution in [0.3, 0.4) is 0 Å². The number of aromatic nitrogens is 4. The number of piperidine rings is 2. The van der Waals surface area contributed by atoms with E-state index in [4.69, 9.17) is 27.9 Å². The molecule has 3 fully saturated rings. The van der Waals surface area contributed by atoms with Crippen LogP contribution in [0.4, 0.5) is 0 Å². The van der Waals surface area contributed by atoms with E-state index in [9.17, 15) is 19.5 Å². The number of nitrogens with one attached hydrogen (secondary N) is 1. The van der Waals surface area contributed by atoms with Gasteiger partial charge in [0, 0.05) is 25.0 Å². The Labute approximate surface area is 324 Å². The summed E-state index contributed by atoms with van der Waals surface area (Å²) >= 11 is 13.0. The van der Waals surface area contributed by atoms with E-state index in [1.807, 2.05) is 53.4 Å². The average Bonchev–Trinajstić information content (AvgIpc) is 3.90. The molecule has 7 rings (SSSR count). The first-order valence-corrected chi connectivity index (χ1v) is 19.1. The normalized spacial score (nSPS) is 21.8. The largest absolute Gasteiger partial charge is 0.496 e. The van der Waals surface area contributed by atoms with E-state index in [1.165, 1.54) is 11.0 Å². The molecule has 0 spiro atoms. The Bertz CT molecular complexity index is 1970. The van der Waals surface area contributed by atoms with Gasteiger partial charge in [0.1, 0.15) is 18.1 Å². The van der Waals surface area contributed by atoms with Crippen LogP contribution in [0, 0.1) is 0 Å². The van der Waals surface area contributed by atoms with Crippen molar-refractivity contribution in [1.29, 1.82) is 0 Å². The summed E-state index contributed by atoms with van der Waals surface area (Å²) < 4.78 is 7.11. The molecule has 3 aromatic carbocycles. The highest BCUT2D eigenvalue weighted by Gasteiger charge is 2.46. The number of methoxy groups -OCH3 is 1. The molecule has 0 radical (unpaired) electrons. The topological polar surface area (TPSA) is 146 Å². The average molecular weight is 776 g/mol. The summed E-state index contributed by atoms with van der Waals surface area (Å²) in [7, 11) is 1.54. The van der Waals surface area contributed by atoms with Gasteiger partial charge in [-0.3, -0.25) is 19.8 Å². The minimum atomic E-state index is -0.918. The fourth-order valence-corrected chi connectivity index (χ4v) is 8.70. The summed E-state index contributed by atoms with van der Waals surface area (Å²) in [5.74, 6) is -0.766. The first kappa shape index (κ1) is 37.7. The number of amides is 2. The van der Waals surface area contributed by atoms with Gasteiger partial charge >= 0.3 is 5.97 Å². The van der Waals surface area contributed by atoms with Gasteiger partial charge in [-0.15, -0.1) is 5.10 Å². The summed E-state index contributed by atoms with van der Waals surface area (Å²) in [4.78, 5) is 44.7. The fourth-order valence-electron chi connectivity index (χ4n) is 8.41. The lowest BCUT2D eigenvalue weighted by atomic mass is 9.71. The molecule has 13 nitrogen and oxygen atoms in total. The minimum Gasteiger partial charge on any atom is -0.496 e. The molecule has 4 aromatic rings. The molecule has 284 valence electrons. The number of carbonyl (C=O) groups excluding carboxylic acids is 2. The molecule has 2 N–H and O–H groups in total. The minimum absolute atomic E-state index is 0.154. The zero-order valence-electron chi connectivity index (χ0n) is 30.2. The zero-order valence-corrected chi connectivity index (χ0v) is 31.7. The number of nitrogens with zero attached hydrogens (tertiary/aromatic N) is 7. The van der Waals surface area contributed by atoms with Gasteiger partial charge in [0.05, 0.1) is 33.8 Å². The molecule has 4 heterocycles. The molecule has 3 aliphatic rings. The number of carbonyl (C=O) groups is 3. The number of hydrogen-bond acceptors (Lipinski definition) is 9. The van der Waals surface area contributed by atoms with Crippen molar-refractivity contribution in [3.8, 4) is 11.4 Å². The molecule has 1 aromatic heterocycles. The van der Waals surface area contributed by atoms with Gasteiger partial charge in [-0.1, -0.05) is 59.6 Å². The van der Waals surface area contributed by atoms with Crippen LogP contribution in [0.15, 0.2) is 73.1 Å². The standard InChI is InChI=1S/C39H44Cl2N8O5/c1-54-34-13-11-29(49-26-42-44-45-49)24-30(34)35(50)47-22-15-38(25-47,28-10-12-31(40)32(41)23-28)14-19-46-20-16-39(17-21-46,27-7-3-2-4-8-27)37(53)43-48-18-6-5-9-33(48)36(51)52/h2-4,7-8,10-13,23-24,26,33H,5-6,9,14-22,25H2,1H3,(H,43,53)(H,51,52). The molecule has 2 unspecified atom stereocenters. The SMILES string of the molecule is COc1ccc(-n2cnnn2)cc1C(=O)N1CCC(CCN2CCC(C(=O)NN3CCCCC3C(=O)O)(c3ccccc3)CC2)(c2ccc(Cl)c(Cl)c2)C1. The maximum absolute atomic E-state index is 14.2. The van der Waals surface area contributed by atoms with Crippen molar-refractivity contribution in [3.05, 3.63) is 99.8 Å². The fraction of sp³-hybridized carbons (Fsp3) is 0.436. The number of carboxylic acids is 1. The number of aliphatic carboxylic acids is 1. The van der Waals surface area contributed by atoms with Gasteiger partial charge in [-0.2, -0.15) is 0 Å². The summed E-state index contributed by atoms with van der Waals surface area (Å²) in [5, 5.41) is 23.8. The lowest BCUT2D eigenvalue weighted by Crippen LogP contribution is -2.60. The summed E-state index contributed by atoms with van der Waals surface area (Å²) in [6.45, 7) is 3.58. The molecular formula is C39H44Cl2N8O5. The van der Waals surface area contributed by atoms with Crippen molar-refractivity contribution in [2.24, 2.45) is 0 Å². The Balaban J connectivity index is 1.09. The number of likely N-dealkylation sites (tertiary alicyclic amines) is 2. The van der Waals surface area contributed by atoms with Crippen molar-refractivity contribution >= 4 is 41.0 Å². The van der Waals surface area contributed by atoms with Crippen LogP contribution >= 0.6 is 23.2 Å². The molecule has 54 heavy (non-hydrogen) atoms. The van der Waals surface area contributed by atoms with E-state index in [2.05, 4.69) is 25.9 Å². The van der Waals surface area contributed by atoms with E-state index in [1.54, 1.807) is 30.3 Å². The van der Waals surface area contributed by atoms with Crippen molar-refractivity contribution in [3.63, 3.8) is 0 Å². The molecule has 0 bridgehead atoms. The van der Waals surface area contributed by atoms with Crippen molar-refractivity contribution in [1.82, 2.24) is 40.4 Å². The number of ether oxygens (including phenoxy) is 1. The Morgan fingerprint density at radius 3 is 2.43 bits per heavy atom. The van der Waals surface area contributed by atoms with Gasteiger partial charge in [0.15, 0.2) is 0 Å². The van der Waals surface area contributed by atoms with Gasteiger partial charge in [-0.25, -0.2) is 9.69 Å². The maximum Gasteiger partial charge on any atom is 0.322 e. The highest BCUT2D eigenvalue weighted by atomic mass is 35.5. The number of carboxylic acid groups (broad SMARTS) is 1. The maximum atomic E-state index is 14.2. The van der Waals surface area contributed by atoms with Crippen molar-refractivity contribution < 1.29 is 24.2 Å². The van der Waals surface area contributed by atoms with Crippen LogP contribution < -0.4 is 10.2 Å². The third kappa shape index (κ3) is 7.55. The van der Waals surface area contributed by atoms with Crippen LogP contribution in [-0.4, -0.2) is 110 Å². The van der Waals surface area contributed by atoms with Gasteiger partial charge in [-0.05, 0) is 116 Å². The van der Waals surface area contributed by atoms with Crippen LogP contribution in [0.5, 0.6) is 5.75 Å². The Morgan fingerprint density at radius 2 is 1.72 bits per heavy atom. The van der Waals surface area contributed by atoms with E-state index in [0.717, 1.165) is 43.4 Å². The van der Waals surface area contributed by atoms with Gasteiger partial charge in [0.25, 0.3) is 5.91 Å². The summed E-state index contributed by atoms with van der Waals surface area (Å²) in [6.07, 6.45) is 6.26. The molecule has 3 aliphatic heterocycles. The Morgan fingerprint density at radius 1 is 0.926 bits per heavy atom. The first-order chi connectivity index (χ1) is 26.1. The quantitative estimate of drug-likeness (QED) is 0.210. The highest BCUT2D eigenvalue weighted by molar-refractivity contribution is 6.42. The molecule has 15 heteroatoms. The lowest BCUT2D eigenvalue weighted by Gasteiger charge is -2.44. The van der Waals surface area contributed by atoms with Crippen molar-refractivity contribution in [2.75, 3.05) is 46.4 Å². The van der Waals surface area contributed by atoms with Gasteiger partial charge < -0.3 is 19.6 Å². The predicted molar refractivity (Wildman–Crippen MR) is 203 cm³/mol. The zero-order chi connectivity index (χ0) is 37.9. The van der Waals surface area contributed by atoms with Crippen LogP contribution in [0.25, 0.3) is 5.69 Å². The second-order valence-electron chi connectivity index (χ2n) is 14.5. The lowest BCUT2D eigenvalue weighted by molar-refractivity contribution is -0.149. The second-order valence-corrected chi connectivity index (χ2v) is 15.4. The Kier molecular flexibility index (Phi) is 11.2. The third-order valence-electron chi connectivity index (χ3n) is 11.6. The molecule has 0 saturated carbocycles. The monoisotopic (exact) mass is 774 g/mol. The third-order valence-corrected chi connectivity index (χ3v) is 12.3. The molecule has 0 aliphatic carbocycles. The second kappa shape index (κ2) is 16.0. The number of tetrazole rings is 1. The van der Waals surface area contributed by atoms with E-state index in [-0.39, 0.29) is 11.8 Å². The number of rotatable bonds is 11. The van der Waals surface area contributed by atoms with E-state index in [0.29, 0.717) is 79.0 Å². The predicted octanol–water partition coefficient (Wildman–Crippen LogP) is 5.16. The highest BCUT2D eigenvalue weighted by Crippen LogP contribution is 2.42. The molecular weight excluding hydrogens is 731 g/mol. The Hall–Kier alpha value is -4.56. The van der Waals surface area contributed by atoms with E-state index >= 15 is 0 Å².